The van der Waals surface area contributed by atoms with E-state index in [9.17, 15) is 5.11 Å². The number of benzene rings is 1. The molecule has 62 valence electrons. The fourth-order valence-electron chi connectivity index (χ4n) is 0.567. The van der Waals surface area contributed by atoms with Gasteiger partial charge >= 0.3 is 58.2 Å². The zero-order chi connectivity index (χ0) is 8.85. The van der Waals surface area contributed by atoms with Crippen LogP contribution in [0.25, 0.3) is 0 Å². The van der Waals surface area contributed by atoms with Crippen LogP contribution in [0.15, 0.2) is 18.2 Å². The molecule has 1 aromatic rings. The molecular weight excluding hydrogens is 226 g/mol. The smallest absolute Gasteiger partial charge is 0.871 e. The summed E-state index contributed by atoms with van der Waals surface area (Å²) in [7, 11) is 0. The SMILES string of the molecule is CC.Nc1ccc([O-])c(N)c1.[Rb+]. The second-order valence-electron chi connectivity index (χ2n) is 1.80. The van der Waals surface area contributed by atoms with Crippen molar-refractivity contribution in [1.82, 2.24) is 0 Å². The van der Waals surface area contributed by atoms with E-state index < -0.39 is 0 Å². The van der Waals surface area contributed by atoms with Crippen molar-refractivity contribution in [3.63, 3.8) is 0 Å². The molecule has 1 rings (SSSR count). The number of hydrogen-bond acceptors (Lipinski definition) is 3. The van der Waals surface area contributed by atoms with Gasteiger partial charge in [-0.15, -0.1) is 0 Å². The summed E-state index contributed by atoms with van der Waals surface area (Å²) in [6.45, 7) is 4.00. The van der Waals surface area contributed by atoms with Crippen LogP contribution in [0.4, 0.5) is 11.4 Å². The van der Waals surface area contributed by atoms with Crippen LogP contribution in [-0.2, 0) is 0 Å². The Kier molecular flexibility index (Phi) is 10.0. The summed E-state index contributed by atoms with van der Waals surface area (Å²) in [6.07, 6.45) is 0. The van der Waals surface area contributed by atoms with Crippen molar-refractivity contribution in [2.75, 3.05) is 11.5 Å². The molecule has 0 heterocycles. The number of nitrogens with two attached hydrogens (primary N) is 2. The van der Waals surface area contributed by atoms with Crippen molar-refractivity contribution in [3.8, 4) is 5.75 Å². The molecule has 0 bridgehead atoms. The maximum absolute atomic E-state index is 10.6. The quantitative estimate of drug-likeness (QED) is 0.511. The van der Waals surface area contributed by atoms with Gasteiger partial charge < -0.3 is 16.6 Å². The van der Waals surface area contributed by atoms with Crippen LogP contribution in [-0.4, -0.2) is 0 Å². The summed E-state index contributed by atoms with van der Waals surface area (Å²) < 4.78 is 0. The third-order valence-electron chi connectivity index (χ3n) is 1.03. The number of nitrogen functional groups attached to an aromatic ring is 2. The molecule has 0 aromatic heterocycles. The minimum Gasteiger partial charge on any atom is -0.871 e. The number of rotatable bonds is 0. The van der Waals surface area contributed by atoms with Gasteiger partial charge in [-0.05, 0) is 12.1 Å². The third-order valence-corrected chi connectivity index (χ3v) is 1.03. The maximum Gasteiger partial charge on any atom is 1.00 e. The molecule has 1 aromatic carbocycles. The monoisotopic (exact) mass is 238 g/mol. The molecule has 12 heavy (non-hydrogen) atoms. The Balaban J connectivity index is 0. The van der Waals surface area contributed by atoms with Crippen molar-refractivity contribution in [2.24, 2.45) is 0 Å². The van der Waals surface area contributed by atoms with Crippen LogP contribution in [0.5, 0.6) is 5.75 Å². The minimum absolute atomic E-state index is 0. The van der Waals surface area contributed by atoms with Gasteiger partial charge in [0.25, 0.3) is 0 Å². The molecule has 0 saturated carbocycles. The second-order valence-corrected chi connectivity index (χ2v) is 1.80. The Labute approximate surface area is 122 Å². The number of hydrogen-bond donors (Lipinski definition) is 2. The molecular formula is C8H13N2ORb. The predicted octanol–water partition coefficient (Wildman–Crippen LogP) is -2.05. The molecule has 0 spiro atoms. The maximum atomic E-state index is 10.6. The Morgan fingerprint density at radius 2 is 1.67 bits per heavy atom. The average Bonchev–Trinajstić information content (AvgIpc) is 2.02. The molecule has 4 heteroatoms. The van der Waals surface area contributed by atoms with Crippen molar-refractivity contribution >= 4 is 11.4 Å². The molecule has 4 N–H and O–H groups in total. The molecule has 0 saturated heterocycles. The number of anilines is 2. The van der Waals surface area contributed by atoms with E-state index in [-0.39, 0.29) is 69.6 Å². The van der Waals surface area contributed by atoms with Gasteiger partial charge in [0.2, 0.25) is 0 Å². The zero-order valence-corrected chi connectivity index (χ0v) is 12.7. The fourth-order valence-corrected chi connectivity index (χ4v) is 0.567. The largest absolute Gasteiger partial charge is 1.00 e. The van der Waals surface area contributed by atoms with Crippen LogP contribution < -0.4 is 74.8 Å². The van der Waals surface area contributed by atoms with Crippen molar-refractivity contribution in [1.29, 1.82) is 0 Å². The summed E-state index contributed by atoms with van der Waals surface area (Å²) in [5.41, 5.74) is 11.3. The molecule has 0 aliphatic carbocycles. The van der Waals surface area contributed by atoms with E-state index in [1.807, 2.05) is 13.8 Å². The van der Waals surface area contributed by atoms with E-state index in [1.165, 1.54) is 18.2 Å². The molecule has 0 fully saturated rings. The van der Waals surface area contributed by atoms with Gasteiger partial charge in [-0.2, -0.15) is 0 Å². The first-order chi connectivity index (χ1) is 5.20. The first-order valence-electron chi connectivity index (χ1n) is 3.52. The van der Waals surface area contributed by atoms with E-state index in [0.29, 0.717) is 5.69 Å². The molecule has 0 amide bonds. The molecule has 0 unspecified atom stereocenters. The van der Waals surface area contributed by atoms with E-state index in [0.717, 1.165) is 0 Å². The standard InChI is InChI=1S/C6H8N2O.C2H6.Rb/c7-4-1-2-6(9)5(8)3-4;1-2;/h1-3,9H,7-8H2;1-2H3;/q;;+1/p-1. The summed E-state index contributed by atoms with van der Waals surface area (Å²) in [4.78, 5) is 0. The molecule has 0 aliphatic heterocycles. The Bertz CT molecular complexity index is 228. The van der Waals surface area contributed by atoms with Crippen LogP contribution in [0.1, 0.15) is 13.8 Å². The summed E-state index contributed by atoms with van der Waals surface area (Å²) in [6, 6.07) is 4.33. The van der Waals surface area contributed by atoms with Crippen molar-refractivity contribution in [2.45, 2.75) is 13.8 Å². The summed E-state index contributed by atoms with van der Waals surface area (Å²) >= 11 is 0. The third kappa shape index (κ3) is 5.14. The average molecular weight is 239 g/mol. The molecule has 3 nitrogen and oxygen atoms in total. The normalized spacial score (nSPS) is 7.50. The van der Waals surface area contributed by atoms with Crippen LogP contribution in [0.2, 0.25) is 0 Å². The van der Waals surface area contributed by atoms with Gasteiger partial charge in [0.15, 0.2) is 0 Å². The van der Waals surface area contributed by atoms with Crippen LogP contribution in [0.3, 0.4) is 0 Å². The Morgan fingerprint density at radius 3 is 2.00 bits per heavy atom. The summed E-state index contributed by atoms with van der Waals surface area (Å²) in [5.74, 6) is -0.177. The van der Waals surface area contributed by atoms with Crippen molar-refractivity contribution in [3.05, 3.63) is 18.2 Å². The van der Waals surface area contributed by atoms with Gasteiger partial charge in [-0.1, -0.05) is 25.7 Å². The van der Waals surface area contributed by atoms with Gasteiger partial charge in [-0.25, -0.2) is 0 Å². The van der Waals surface area contributed by atoms with E-state index in [1.54, 1.807) is 0 Å². The molecule has 0 atom stereocenters. The summed E-state index contributed by atoms with van der Waals surface area (Å²) in [5, 5.41) is 10.6. The first kappa shape index (κ1) is 14.9. The zero-order valence-electron chi connectivity index (χ0n) is 7.79. The van der Waals surface area contributed by atoms with Gasteiger partial charge in [0, 0.05) is 11.4 Å². The van der Waals surface area contributed by atoms with Gasteiger partial charge in [0.1, 0.15) is 0 Å². The second kappa shape index (κ2) is 8.04. The first-order valence-corrected chi connectivity index (χ1v) is 3.52. The molecule has 0 aliphatic rings. The molecule has 0 radical (unpaired) electrons. The van der Waals surface area contributed by atoms with E-state index >= 15 is 0 Å². The van der Waals surface area contributed by atoms with Gasteiger partial charge in [0.05, 0.1) is 0 Å². The van der Waals surface area contributed by atoms with Crippen molar-refractivity contribution < 1.29 is 63.3 Å². The Morgan fingerprint density at radius 1 is 1.17 bits per heavy atom. The van der Waals surface area contributed by atoms with Crippen LogP contribution in [0, 0.1) is 0 Å². The van der Waals surface area contributed by atoms with E-state index in [4.69, 9.17) is 11.5 Å². The predicted molar refractivity (Wildman–Crippen MR) is 46.1 cm³/mol. The van der Waals surface area contributed by atoms with Gasteiger partial charge in [-0.3, -0.25) is 0 Å². The van der Waals surface area contributed by atoms with E-state index in [2.05, 4.69) is 0 Å². The fraction of sp³-hybridized carbons (Fsp3) is 0.250. The Hall–Kier alpha value is 0.425. The van der Waals surface area contributed by atoms with Crippen LogP contribution >= 0.6 is 0 Å². The minimum atomic E-state index is -0.177. The topological polar surface area (TPSA) is 75.1 Å².